The van der Waals surface area contributed by atoms with Gasteiger partial charge in [-0.15, -0.1) is 0 Å². The molecule has 0 aliphatic carbocycles. The number of aliphatic imine (C=N–C) groups is 2. The molecular weight excluding hydrogens is 292 g/mol. The number of nitrogens with one attached hydrogen (secondary N) is 1. The number of benzene rings is 2. The van der Waals surface area contributed by atoms with Crippen LogP contribution in [0.25, 0.3) is 11.1 Å². The molecule has 1 amide bonds. The van der Waals surface area contributed by atoms with Gasteiger partial charge in [-0.1, -0.05) is 24.3 Å². The van der Waals surface area contributed by atoms with E-state index in [-0.39, 0.29) is 17.8 Å². The molecule has 7 heteroatoms. The minimum absolute atomic E-state index is 0.0145. The summed E-state index contributed by atoms with van der Waals surface area (Å²) in [6, 6.07) is 14.7. The van der Waals surface area contributed by atoms with Crippen LogP contribution >= 0.6 is 0 Å². The van der Waals surface area contributed by atoms with E-state index in [1.807, 2.05) is 30.3 Å². The maximum atomic E-state index is 11.7. The van der Waals surface area contributed by atoms with Crippen molar-refractivity contribution in [3.05, 3.63) is 54.1 Å². The van der Waals surface area contributed by atoms with Gasteiger partial charge >= 0.3 is 0 Å². The first-order valence-electron chi connectivity index (χ1n) is 6.86. The largest absolute Gasteiger partial charge is 0.370 e. The van der Waals surface area contributed by atoms with Crippen molar-refractivity contribution >= 4 is 23.5 Å². The van der Waals surface area contributed by atoms with Gasteiger partial charge in [-0.25, -0.2) is 4.99 Å². The highest BCUT2D eigenvalue weighted by molar-refractivity contribution is 5.95. The number of hydrogen-bond donors (Lipinski definition) is 4. The fourth-order valence-corrected chi connectivity index (χ4v) is 2.00. The van der Waals surface area contributed by atoms with E-state index in [1.165, 1.54) is 0 Å². The van der Waals surface area contributed by atoms with Crippen LogP contribution in [0.4, 0.5) is 5.69 Å². The van der Waals surface area contributed by atoms with Crippen molar-refractivity contribution in [1.82, 2.24) is 5.32 Å². The minimum atomic E-state index is -0.145. The van der Waals surface area contributed by atoms with E-state index in [0.717, 1.165) is 11.1 Å². The lowest BCUT2D eigenvalue weighted by Gasteiger charge is -2.05. The second kappa shape index (κ2) is 7.08. The molecule has 0 atom stereocenters. The molecular formula is C16H18N6O. The van der Waals surface area contributed by atoms with Crippen LogP contribution in [-0.2, 0) is 0 Å². The topological polar surface area (TPSA) is 132 Å². The zero-order chi connectivity index (χ0) is 16.8. The van der Waals surface area contributed by atoms with Crippen molar-refractivity contribution in [2.24, 2.45) is 27.2 Å². The van der Waals surface area contributed by atoms with Crippen LogP contribution in [0, 0.1) is 0 Å². The molecule has 2 rings (SSSR count). The molecule has 0 aliphatic heterocycles. The van der Waals surface area contributed by atoms with Crippen LogP contribution in [0.2, 0.25) is 0 Å². The van der Waals surface area contributed by atoms with Gasteiger partial charge in [-0.05, 0) is 35.4 Å². The van der Waals surface area contributed by atoms with Crippen molar-refractivity contribution in [1.29, 1.82) is 0 Å². The molecule has 2 aromatic rings. The number of carbonyl (C=O) groups excluding carboxylic acids is 1. The van der Waals surface area contributed by atoms with Gasteiger partial charge in [0.25, 0.3) is 5.91 Å². The number of carbonyl (C=O) groups is 1. The van der Waals surface area contributed by atoms with E-state index in [0.29, 0.717) is 11.3 Å². The maximum Gasteiger partial charge on any atom is 0.251 e. The zero-order valence-corrected chi connectivity index (χ0v) is 12.7. The predicted octanol–water partition coefficient (Wildman–Crippen LogP) is 0.933. The molecule has 0 unspecified atom stereocenters. The Labute approximate surface area is 133 Å². The molecule has 2 aromatic carbocycles. The number of amides is 1. The van der Waals surface area contributed by atoms with E-state index in [9.17, 15) is 4.79 Å². The van der Waals surface area contributed by atoms with Gasteiger partial charge in [-0.2, -0.15) is 4.99 Å². The number of hydrogen-bond acceptors (Lipinski definition) is 2. The summed E-state index contributed by atoms with van der Waals surface area (Å²) < 4.78 is 0. The first-order chi connectivity index (χ1) is 11.0. The van der Waals surface area contributed by atoms with Crippen molar-refractivity contribution in [2.45, 2.75) is 0 Å². The van der Waals surface area contributed by atoms with Crippen molar-refractivity contribution < 1.29 is 4.79 Å². The fourth-order valence-electron chi connectivity index (χ4n) is 2.00. The van der Waals surface area contributed by atoms with Crippen LogP contribution in [-0.4, -0.2) is 24.9 Å². The number of nitrogens with zero attached hydrogens (tertiary/aromatic N) is 2. The Balaban J connectivity index is 2.26. The van der Waals surface area contributed by atoms with E-state index >= 15 is 0 Å². The average molecular weight is 310 g/mol. The summed E-state index contributed by atoms with van der Waals surface area (Å²) in [4.78, 5) is 19.4. The number of rotatable bonds is 3. The van der Waals surface area contributed by atoms with Gasteiger partial charge in [0, 0.05) is 12.6 Å². The van der Waals surface area contributed by atoms with E-state index in [1.54, 1.807) is 25.2 Å². The molecule has 0 aliphatic rings. The smallest absolute Gasteiger partial charge is 0.251 e. The molecule has 118 valence electrons. The van der Waals surface area contributed by atoms with Gasteiger partial charge in [0.05, 0.1) is 5.69 Å². The highest BCUT2D eigenvalue weighted by Gasteiger charge is 2.05. The van der Waals surface area contributed by atoms with Crippen LogP contribution < -0.4 is 22.5 Å². The SMILES string of the molecule is CNC(=O)c1cccc(-c2ccc(N=C(N)N=C(N)N)cc2)c1. The highest BCUT2D eigenvalue weighted by Crippen LogP contribution is 2.23. The summed E-state index contributed by atoms with van der Waals surface area (Å²) in [6.45, 7) is 0. The second-order valence-electron chi connectivity index (χ2n) is 4.71. The Morgan fingerprint density at radius 2 is 1.70 bits per heavy atom. The van der Waals surface area contributed by atoms with E-state index in [2.05, 4.69) is 15.3 Å². The van der Waals surface area contributed by atoms with Crippen LogP contribution in [0.1, 0.15) is 10.4 Å². The summed E-state index contributed by atoms with van der Waals surface area (Å²) in [6.07, 6.45) is 0. The standard InChI is InChI=1S/C16H18N6O/c1-20-14(23)12-4-2-3-11(9-12)10-5-7-13(8-6-10)21-16(19)22-15(17)18/h2-9H,1H3,(H,20,23)(H6,17,18,19,21,22). The summed E-state index contributed by atoms with van der Waals surface area (Å²) >= 11 is 0. The van der Waals surface area contributed by atoms with Crippen molar-refractivity contribution in [3.8, 4) is 11.1 Å². The zero-order valence-electron chi connectivity index (χ0n) is 12.7. The van der Waals surface area contributed by atoms with Gasteiger partial charge in [0.2, 0.25) is 5.96 Å². The van der Waals surface area contributed by atoms with Gasteiger partial charge < -0.3 is 22.5 Å². The molecule has 0 aromatic heterocycles. The van der Waals surface area contributed by atoms with E-state index < -0.39 is 0 Å². The molecule has 7 N–H and O–H groups in total. The van der Waals surface area contributed by atoms with E-state index in [4.69, 9.17) is 17.2 Å². The highest BCUT2D eigenvalue weighted by atomic mass is 16.1. The average Bonchev–Trinajstić information content (AvgIpc) is 2.54. The predicted molar refractivity (Wildman–Crippen MR) is 92.4 cm³/mol. The third-order valence-electron chi connectivity index (χ3n) is 3.04. The van der Waals surface area contributed by atoms with Crippen molar-refractivity contribution in [3.63, 3.8) is 0 Å². The number of nitrogens with two attached hydrogens (primary N) is 3. The minimum Gasteiger partial charge on any atom is -0.370 e. The fraction of sp³-hybridized carbons (Fsp3) is 0.0625. The summed E-state index contributed by atoms with van der Waals surface area (Å²) in [5, 5.41) is 2.60. The molecule has 7 nitrogen and oxygen atoms in total. The lowest BCUT2D eigenvalue weighted by Crippen LogP contribution is -2.26. The summed E-state index contributed by atoms with van der Waals surface area (Å²) in [7, 11) is 1.60. The molecule has 0 saturated heterocycles. The lowest BCUT2D eigenvalue weighted by atomic mass is 10.0. The molecule has 0 radical (unpaired) electrons. The molecule has 0 spiro atoms. The molecule has 0 saturated carbocycles. The molecule has 23 heavy (non-hydrogen) atoms. The molecule has 0 bridgehead atoms. The third-order valence-corrected chi connectivity index (χ3v) is 3.04. The Kier molecular flexibility index (Phi) is 4.93. The Morgan fingerprint density at radius 3 is 2.30 bits per heavy atom. The first-order valence-corrected chi connectivity index (χ1v) is 6.86. The Morgan fingerprint density at radius 1 is 1.00 bits per heavy atom. The Hall–Kier alpha value is -3.35. The molecule has 0 heterocycles. The van der Waals surface area contributed by atoms with Crippen LogP contribution in [0.15, 0.2) is 58.5 Å². The van der Waals surface area contributed by atoms with Gasteiger partial charge in [0.1, 0.15) is 0 Å². The van der Waals surface area contributed by atoms with Crippen molar-refractivity contribution in [2.75, 3.05) is 7.05 Å². The van der Waals surface area contributed by atoms with Crippen LogP contribution in [0.3, 0.4) is 0 Å². The summed E-state index contributed by atoms with van der Waals surface area (Å²) in [5.74, 6) is -0.286. The van der Waals surface area contributed by atoms with Crippen LogP contribution in [0.5, 0.6) is 0 Å². The Bertz CT molecular complexity index is 760. The van der Waals surface area contributed by atoms with Gasteiger partial charge in [0.15, 0.2) is 5.96 Å². The number of guanidine groups is 2. The molecule has 0 fully saturated rings. The lowest BCUT2D eigenvalue weighted by molar-refractivity contribution is 0.0963. The normalized spacial score (nSPS) is 10.9. The quantitative estimate of drug-likeness (QED) is 0.496. The summed E-state index contributed by atoms with van der Waals surface area (Å²) in [5.41, 5.74) is 19.2. The second-order valence-corrected chi connectivity index (χ2v) is 4.71. The third kappa shape index (κ3) is 4.31. The monoisotopic (exact) mass is 310 g/mol. The maximum absolute atomic E-state index is 11.7. The first kappa shape index (κ1) is 16.0. The van der Waals surface area contributed by atoms with Gasteiger partial charge in [-0.3, -0.25) is 4.79 Å².